The summed E-state index contributed by atoms with van der Waals surface area (Å²) in [5.74, 6) is 0.164. The molecule has 2 atom stereocenters. The highest BCUT2D eigenvalue weighted by Gasteiger charge is 2.30. The molecule has 0 saturated carbocycles. The minimum atomic E-state index is -0.681. The second-order valence-corrected chi connectivity index (χ2v) is 10.2. The predicted molar refractivity (Wildman–Crippen MR) is 146 cm³/mol. The molecular formula is C29H32ClFN2O2S. The Morgan fingerprint density at radius 2 is 1.67 bits per heavy atom. The van der Waals surface area contributed by atoms with Crippen LogP contribution in [-0.4, -0.2) is 34.6 Å². The molecule has 0 spiro atoms. The minimum Gasteiger partial charge on any atom is -0.352 e. The Kier molecular flexibility index (Phi) is 10.8. The molecule has 4 nitrogen and oxygen atoms in total. The van der Waals surface area contributed by atoms with Crippen molar-refractivity contribution in [2.24, 2.45) is 0 Å². The van der Waals surface area contributed by atoms with Crippen molar-refractivity contribution in [2.75, 3.05) is 5.75 Å². The Morgan fingerprint density at radius 3 is 2.33 bits per heavy atom. The van der Waals surface area contributed by atoms with E-state index in [1.165, 1.54) is 23.9 Å². The van der Waals surface area contributed by atoms with Gasteiger partial charge in [-0.15, -0.1) is 11.8 Å². The molecule has 0 aliphatic heterocycles. The molecular weight excluding hydrogens is 495 g/mol. The SMILES string of the molecule is CC[C@@H](C)NC(=O)[C@@H](Cc1ccccc1)N(Cc1cccc(Cl)c1)C(=O)CSCc1ccc(F)cc1. The summed E-state index contributed by atoms with van der Waals surface area (Å²) in [5.41, 5.74) is 2.77. The molecule has 0 aromatic heterocycles. The van der Waals surface area contributed by atoms with Crippen molar-refractivity contribution in [1.82, 2.24) is 10.2 Å². The number of hydrogen-bond acceptors (Lipinski definition) is 3. The van der Waals surface area contributed by atoms with E-state index in [1.54, 1.807) is 23.1 Å². The monoisotopic (exact) mass is 526 g/mol. The van der Waals surface area contributed by atoms with Gasteiger partial charge in [-0.25, -0.2) is 4.39 Å². The van der Waals surface area contributed by atoms with Crippen LogP contribution in [0.2, 0.25) is 5.02 Å². The van der Waals surface area contributed by atoms with Gasteiger partial charge in [0.25, 0.3) is 0 Å². The standard InChI is InChI=1S/C29H32ClFN2O2S/c1-3-21(2)32-29(35)27(17-22-8-5-4-6-9-22)33(18-24-10-7-11-25(30)16-24)28(34)20-36-19-23-12-14-26(31)15-13-23/h4-16,21,27H,3,17-20H2,1-2H3,(H,32,35)/t21-,27-/m1/s1. The van der Waals surface area contributed by atoms with Gasteiger partial charge in [0.2, 0.25) is 11.8 Å². The van der Waals surface area contributed by atoms with Crippen LogP contribution in [-0.2, 0) is 28.3 Å². The van der Waals surface area contributed by atoms with Crippen molar-refractivity contribution >= 4 is 35.2 Å². The fourth-order valence-corrected chi connectivity index (χ4v) is 4.83. The van der Waals surface area contributed by atoms with Gasteiger partial charge in [-0.2, -0.15) is 0 Å². The maximum absolute atomic E-state index is 13.6. The van der Waals surface area contributed by atoms with E-state index >= 15 is 0 Å². The van der Waals surface area contributed by atoms with Gasteiger partial charge in [0, 0.05) is 29.8 Å². The van der Waals surface area contributed by atoms with E-state index in [0.717, 1.165) is 23.1 Å². The van der Waals surface area contributed by atoms with Crippen molar-refractivity contribution in [3.05, 3.63) is 106 Å². The maximum Gasteiger partial charge on any atom is 0.243 e. The number of benzene rings is 3. The summed E-state index contributed by atoms with van der Waals surface area (Å²) in [7, 11) is 0. The van der Waals surface area contributed by atoms with E-state index in [-0.39, 0.29) is 36.0 Å². The third-order valence-electron chi connectivity index (χ3n) is 5.92. The molecule has 0 aliphatic carbocycles. The Labute approximate surface area is 222 Å². The lowest BCUT2D eigenvalue weighted by Gasteiger charge is -2.32. The average molecular weight is 527 g/mol. The van der Waals surface area contributed by atoms with E-state index in [9.17, 15) is 14.0 Å². The number of hydrogen-bond donors (Lipinski definition) is 1. The van der Waals surface area contributed by atoms with Crippen LogP contribution >= 0.6 is 23.4 Å². The lowest BCUT2D eigenvalue weighted by Crippen LogP contribution is -2.52. The van der Waals surface area contributed by atoms with Crippen LogP contribution in [0.4, 0.5) is 4.39 Å². The van der Waals surface area contributed by atoms with Crippen molar-refractivity contribution in [3.63, 3.8) is 0 Å². The zero-order valence-electron chi connectivity index (χ0n) is 20.6. The van der Waals surface area contributed by atoms with E-state index in [4.69, 9.17) is 11.6 Å². The van der Waals surface area contributed by atoms with Gasteiger partial charge in [-0.05, 0) is 54.3 Å². The summed E-state index contributed by atoms with van der Waals surface area (Å²) < 4.78 is 13.2. The number of amides is 2. The summed E-state index contributed by atoms with van der Waals surface area (Å²) in [4.78, 5) is 28.7. The number of nitrogens with zero attached hydrogens (tertiary/aromatic N) is 1. The van der Waals surface area contributed by atoms with Gasteiger partial charge in [-0.3, -0.25) is 9.59 Å². The lowest BCUT2D eigenvalue weighted by atomic mass is 10.0. The molecule has 7 heteroatoms. The molecule has 0 bridgehead atoms. The highest BCUT2D eigenvalue weighted by molar-refractivity contribution is 7.99. The predicted octanol–water partition coefficient (Wildman–Crippen LogP) is 6.27. The second-order valence-electron chi connectivity index (χ2n) is 8.79. The van der Waals surface area contributed by atoms with Crippen LogP contribution in [0, 0.1) is 5.82 Å². The van der Waals surface area contributed by atoms with Crippen molar-refractivity contribution in [2.45, 2.75) is 51.1 Å². The summed E-state index contributed by atoms with van der Waals surface area (Å²) in [6.07, 6.45) is 1.19. The van der Waals surface area contributed by atoms with Gasteiger partial charge < -0.3 is 10.2 Å². The molecule has 0 heterocycles. The highest BCUT2D eigenvalue weighted by Crippen LogP contribution is 2.20. The summed E-state index contributed by atoms with van der Waals surface area (Å²) in [5, 5.41) is 3.65. The number of nitrogens with one attached hydrogen (secondary N) is 1. The molecule has 2 amide bonds. The van der Waals surface area contributed by atoms with Crippen LogP contribution in [0.25, 0.3) is 0 Å². The van der Waals surface area contributed by atoms with Gasteiger partial charge in [0.15, 0.2) is 0 Å². The Balaban J connectivity index is 1.85. The third-order valence-corrected chi connectivity index (χ3v) is 7.15. The summed E-state index contributed by atoms with van der Waals surface area (Å²) >= 11 is 7.66. The molecule has 36 heavy (non-hydrogen) atoms. The summed E-state index contributed by atoms with van der Waals surface area (Å²) in [6, 6.07) is 22.7. The fraction of sp³-hybridized carbons (Fsp3) is 0.310. The first-order valence-corrected chi connectivity index (χ1v) is 13.6. The number of carbonyl (C=O) groups excluding carboxylic acids is 2. The smallest absolute Gasteiger partial charge is 0.243 e. The van der Waals surface area contributed by atoms with Crippen molar-refractivity contribution < 1.29 is 14.0 Å². The van der Waals surface area contributed by atoms with E-state index in [2.05, 4.69) is 5.32 Å². The molecule has 3 aromatic carbocycles. The zero-order chi connectivity index (χ0) is 25.9. The average Bonchev–Trinajstić information content (AvgIpc) is 2.87. The van der Waals surface area contributed by atoms with Crippen LogP contribution in [0.15, 0.2) is 78.9 Å². The van der Waals surface area contributed by atoms with E-state index in [0.29, 0.717) is 17.2 Å². The second kappa shape index (κ2) is 14.0. The molecule has 190 valence electrons. The Bertz CT molecular complexity index is 1130. The molecule has 0 unspecified atom stereocenters. The Hall–Kier alpha value is -2.83. The first-order chi connectivity index (χ1) is 17.4. The Morgan fingerprint density at radius 1 is 0.972 bits per heavy atom. The molecule has 0 aliphatic rings. The third kappa shape index (κ3) is 8.68. The maximum atomic E-state index is 13.6. The van der Waals surface area contributed by atoms with Gasteiger partial charge >= 0.3 is 0 Å². The molecule has 0 radical (unpaired) electrons. The first-order valence-electron chi connectivity index (χ1n) is 12.1. The fourth-order valence-electron chi connectivity index (χ4n) is 3.75. The summed E-state index contributed by atoms with van der Waals surface area (Å²) in [6.45, 7) is 4.24. The van der Waals surface area contributed by atoms with Gasteiger partial charge in [0.05, 0.1) is 5.75 Å². The van der Waals surface area contributed by atoms with Crippen LogP contribution in [0.1, 0.15) is 37.0 Å². The normalized spacial score (nSPS) is 12.6. The van der Waals surface area contributed by atoms with Crippen molar-refractivity contribution in [3.8, 4) is 0 Å². The molecule has 1 N–H and O–H groups in total. The van der Waals surface area contributed by atoms with Crippen LogP contribution in [0.3, 0.4) is 0 Å². The van der Waals surface area contributed by atoms with Crippen molar-refractivity contribution in [1.29, 1.82) is 0 Å². The van der Waals surface area contributed by atoms with Crippen LogP contribution < -0.4 is 5.32 Å². The zero-order valence-corrected chi connectivity index (χ0v) is 22.2. The number of thioether (sulfide) groups is 1. The molecule has 3 rings (SSSR count). The van der Waals surface area contributed by atoms with Gasteiger partial charge in [-0.1, -0.05) is 73.1 Å². The molecule has 0 saturated heterocycles. The topological polar surface area (TPSA) is 49.4 Å². The molecule has 0 fully saturated rings. The number of carbonyl (C=O) groups is 2. The minimum absolute atomic E-state index is 0.00764. The van der Waals surface area contributed by atoms with E-state index in [1.807, 2.05) is 62.4 Å². The first kappa shape index (κ1) is 27.8. The van der Waals surface area contributed by atoms with Crippen LogP contribution in [0.5, 0.6) is 0 Å². The highest BCUT2D eigenvalue weighted by atomic mass is 35.5. The lowest BCUT2D eigenvalue weighted by molar-refractivity contribution is -0.139. The van der Waals surface area contributed by atoms with E-state index < -0.39 is 6.04 Å². The largest absolute Gasteiger partial charge is 0.352 e. The molecule has 3 aromatic rings. The number of rotatable bonds is 12. The number of halogens is 2. The quantitative estimate of drug-likeness (QED) is 0.303. The van der Waals surface area contributed by atoms with Gasteiger partial charge in [0.1, 0.15) is 11.9 Å².